The standard InChI is InChI=1S/C19H26N6O.ClH/c26-17(24-14-9-19(10-15-24)7-11-20-12-8-19)6-13-25-22-18(21-23-25)16-4-2-1-3-5-16;/h1-5,20H,6-15H2;1H. The quantitative estimate of drug-likeness (QED) is 0.865. The molecular formula is C19H27ClN6O. The Bertz CT molecular complexity index is 734. The van der Waals surface area contributed by atoms with Gasteiger partial charge in [-0.05, 0) is 49.4 Å². The molecule has 2 saturated heterocycles. The van der Waals surface area contributed by atoms with Crippen LogP contribution in [-0.2, 0) is 11.3 Å². The number of aryl methyl sites for hydroxylation is 1. The zero-order valence-corrected chi connectivity index (χ0v) is 16.3. The van der Waals surface area contributed by atoms with Crippen LogP contribution in [0.2, 0.25) is 0 Å². The molecule has 0 bridgehead atoms. The molecule has 0 aliphatic carbocycles. The first-order valence-corrected chi connectivity index (χ1v) is 9.56. The van der Waals surface area contributed by atoms with Gasteiger partial charge in [-0.2, -0.15) is 4.80 Å². The Morgan fingerprint density at radius 2 is 1.78 bits per heavy atom. The molecular weight excluding hydrogens is 364 g/mol. The van der Waals surface area contributed by atoms with E-state index in [0.717, 1.165) is 44.6 Å². The van der Waals surface area contributed by atoms with Gasteiger partial charge in [0.25, 0.3) is 0 Å². The van der Waals surface area contributed by atoms with Crippen molar-refractivity contribution in [1.82, 2.24) is 30.4 Å². The third-order valence-electron chi connectivity index (χ3n) is 5.85. The van der Waals surface area contributed by atoms with Gasteiger partial charge in [0.1, 0.15) is 0 Å². The fourth-order valence-electron chi connectivity index (χ4n) is 4.08. The van der Waals surface area contributed by atoms with Gasteiger partial charge in [-0.25, -0.2) is 0 Å². The highest BCUT2D eigenvalue weighted by Crippen LogP contribution is 2.39. The zero-order valence-electron chi connectivity index (χ0n) is 15.5. The zero-order chi connectivity index (χ0) is 17.8. The van der Waals surface area contributed by atoms with Gasteiger partial charge in [0.05, 0.1) is 6.54 Å². The van der Waals surface area contributed by atoms with E-state index in [0.29, 0.717) is 24.2 Å². The third kappa shape index (κ3) is 4.65. The monoisotopic (exact) mass is 390 g/mol. The fraction of sp³-hybridized carbons (Fsp3) is 0.579. The number of carbonyl (C=O) groups is 1. The lowest BCUT2D eigenvalue weighted by Gasteiger charge is -2.44. The van der Waals surface area contributed by atoms with E-state index in [-0.39, 0.29) is 18.3 Å². The molecule has 0 unspecified atom stereocenters. The summed E-state index contributed by atoms with van der Waals surface area (Å²) in [6, 6.07) is 9.77. The summed E-state index contributed by atoms with van der Waals surface area (Å²) in [4.78, 5) is 16.1. The molecule has 7 nitrogen and oxygen atoms in total. The number of tetrazole rings is 1. The van der Waals surface area contributed by atoms with Crippen LogP contribution in [0.1, 0.15) is 32.1 Å². The maximum atomic E-state index is 12.5. The number of nitrogens with zero attached hydrogens (tertiary/aromatic N) is 5. The van der Waals surface area contributed by atoms with Crippen molar-refractivity contribution in [2.24, 2.45) is 5.41 Å². The van der Waals surface area contributed by atoms with Crippen LogP contribution in [0.5, 0.6) is 0 Å². The van der Waals surface area contributed by atoms with Gasteiger partial charge in [-0.1, -0.05) is 30.3 Å². The normalized spacial score (nSPS) is 18.9. The first kappa shape index (κ1) is 19.8. The van der Waals surface area contributed by atoms with Crippen molar-refractivity contribution in [1.29, 1.82) is 0 Å². The van der Waals surface area contributed by atoms with Crippen LogP contribution in [0.25, 0.3) is 11.4 Å². The van der Waals surface area contributed by atoms with Gasteiger partial charge in [-0.15, -0.1) is 22.6 Å². The number of benzene rings is 1. The van der Waals surface area contributed by atoms with Gasteiger partial charge in [-0.3, -0.25) is 4.79 Å². The van der Waals surface area contributed by atoms with Crippen LogP contribution in [0.3, 0.4) is 0 Å². The minimum atomic E-state index is 0. The molecule has 1 aromatic heterocycles. The summed E-state index contributed by atoms with van der Waals surface area (Å²) in [6.45, 7) is 4.49. The second-order valence-electron chi connectivity index (χ2n) is 7.46. The molecule has 0 saturated carbocycles. The Hall–Kier alpha value is -1.99. The van der Waals surface area contributed by atoms with Gasteiger partial charge in [0, 0.05) is 25.1 Å². The number of halogens is 1. The van der Waals surface area contributed by atoms with Gasteiger partial charge in [0.15, 0.2) is 0 Å². The Kier molecular flexibility index (Phi) is 6.44. The van der Waals surface area contributed by atoms with Crippen LogP contribution in [-0.4, -0.2) is 57.2 Å². The van der Waals surface area contributed by atoms with E-state index in [2.05, 4.69) is 20.7 Å². The Labute approximate surface area is 165 Å². The lowest BCUT2D eigenvalue weighted by atomic mass is 9.71. The average molecular weight is 391 g/mol. The molecule has 2 aromatic rings. The summed E-state index contributed by atoms with van der Waals surface area (Å²) >= 11 is 0. The van der Waals surface area contributed by atoms with Crippen LogP contribution in [0, 0.1) is 5.41 Å². The number of amides is 1. The third-order valence-corrected chi connectivity index (χ3v) is 5.85. The molecule has 1 aromatic carbocycles. The van der Waals surface area contributed by atoms with Crippen LogP contribution in [0.15, 0.2) is 30.3 Å². The number of hydrogen-bond acceptors (Lipinski definition) is 5. The second-order valence-corrected chi connectivity index (χ2v) is 7.46. The molecule has 1 amide bonds. The lowest BCUT2D eigenvalue weighted by molar-refractivity contribution is -0.134. The number of carbonyl (C=O) groups excluding carboxylic acids is 1. The maximum Gasteiger partial charge on any atom is 0.224 e. The smallest absolute Gasteiger partial charge is 0.224 e. The molecule has 0 radical (unpaired) electrons. The second kappa shape index (κ2) is 8.80. The first-order chi connectivity index (χ1) is 12.7. The number of piperidine rings is 2. The van der Waals surface area contributed by atoms with Crippen molar-refractivity contribution in [2.75, 3.05) is 26.2 Å². The largest absolute Gasteiger partial charge is 0.343 e. The number of aromatic nitrogens is 4. The Balaban J connectivity index is 0.00000210. The van der Waals surface area contributed by atoms with Crippen molar-refractivity contribution >= 4 is 18.3 Å². The highest BCUT2D eigenvalue weighted by Gasteiger charge is 2.36. The van der Waals surface area contributed by atoms with Crippen molar-refractivity contribution < 1.29 is 4.79 Å². The molecule has 2 aliphatic heterocycles. The van der Waals surface area contributed by atoms with Gasteiger partial charge < -0.3 is 10.2 Å². The molecule has 4 rings (SSSR count). The number of rotatable bonds is 4. The summed E-state index contributed by atoms with van der Waals surface area (Å²) in [6.07, 6.45) is 5.21. The molecule has 2 aliphatic rings. The maximum absolute atomic E-state index is 12.5. The average Bonchev–Trinajstić information content (AvgIpc) is 3.17. The summed E-state index contributed by atoms with van der Waals surface area (Å²) in [5.41, 5.74) is 1.41. The predicted octanol–water partition coefficient (Wildman–Crippen LogP) is 2.14. The minimum Gasteiger partial charge on any atom is -0.343 e. The van der Waals surface area contributed by atoms with Crippen molar-refractivity contribution in [3.8, 4) is 11.4 Å². The number of hydrogen-bond donors (Lipinski definition) is 1. The minimum absolute atomic E-state index is 0. The molecule has 1 N–H and O–H groups in total. The summed E-state index contributed by atoms with van der Waals surface area (Å²) in [5, 5.41) is 16.0. The van der Waals surface area contributed by atoms with Gasteiger partial charge >= 0.3 is 0 Å². The summed E-state index contributed by atoms with van der Waals surface area (Å²) in [7, 11) is 0. The van der Waals surface area contributed by atoms with E-state index in [4.69, 9.17) is 0 Å². The molecule has 0 atom stereocenters. The van der Waals surface area contributed by atoms with Crippen molar-refractivity contribution in [3.05, 3.63) is 30.3 Å². The van der Waals surface area contributed by atoms with Crippen molar-refractivity contribution in [3.63, 3.8) is 0 Å². The molecule has 146 valence electrons. The number of likely N-dealkylation sites (tertiary alicyclic amines) is 1. The highest BCUT2D eigenvalue weighted by molar-refractivity contribution is 5.85. The SMILES string of the molecule is Cl.O=C(CCn1nnc(-c2ccccc2)n1)N1CCC2(CCNCC2)CC1. The van der Waals surface area contributed by atoms with Crippen LogP contribution in [0.4, 0.5) is 0 Å². The van der Waals surface area contributed by atoms with E-state index in [1.54, 1.807) is 0 Å². The van der Waals surface area contributed by atoms with E-state index < -0.39 is 0 Å². The lowest BCUT2D eigenvalue weighted by Crippen LogP contribution is -2.47. The van der Waals surface area contributed by atoms with Crippen LogP contribution < -0.4 is 5.32 Å². The van der Waals surface area contributed by atoms with E-state index >= 15 is 0 Å². The van der Waals surface area contributed by atoms with Gasteiger partial charge in [0.2, 0.25) is 11.7 Å². The topological polar surface area (TPSA) is 75.9 Å². The van der Waals surface area contributed by atoms with Crippen LogP contribution >= 0.6 is 12.4 Å². The Morgan fingerprint density at radius 1 is 1.07 bits per heavy atom. The van der Waals surface area contributed by atoms with E-state index in [9.17, 15) is 4.79 Å². The van der Waals surface area contributed by atoms with Crippen molar-refractivity contribution in [2.45, 2.75) is 38.6 Å². The predicted molar refractivity (Wildman–Crippen MR) is 105 cm³/mol. The molecule has 8 heteroatoms. The van der Waals surface area contributed by atoms with E-state index in [1.165, 1.54) is 17.6 Å². The summed E-state index contributed by atoms with van der Waals surface area (Å²) in [5.74, 6) is 0.802. The summed E-state index contributed by atoms with van der Waals surface area (Å²) < 4.78 is 0. The van der Waals surface area contributed by atoms with E-state index in [1.807, 2.05) is 35.2 Å². The Morgan fingerprint density at radius 3 is 2.48 bits per heavy atom. The molecule has 2 fully saturated rings. The first-order valence-electron chi connectivity index (χ1n) is 9.56. The molecule has 3 heterocycles. The highest BCUT2D eigenvalue weighted by atomic mass is 35.5. The number of nitrogens with one attached hydrogen (secondary N) is 1. The molecule has 1 spiro atoms. The molecule has 27 heavy (non-hydrogen) atoms. The fourth-order valence-corrected chi connectivity index (χ4v) is 4.08.